The van der Waals surface area contributed by atoms with Crippen molar-refractivity contribution in [3.05, 3.63) is 0 Å². The smallest absolute Gasteiger partial charge is 0.391 e. The SMILES string of the molecule is CC(C)C[C@@H]1C(=O)N[C@H](CC(C)C)C(=O)N(C)C(C(C)C)C(=O)N(C)C([C@H](O)[C@H](C)CCN2CCOCC2)C(=O)NC([C@@H](C)O)C(=O)N(C)CC(=O)N(C)[C@@H](CC(C)C)C(=O)N[C@H](CC(C)C)N(C)[C@H](CC(C)C)N[C@H](C)C(=O)OC(=O)N1C. The summed E-state index contributed by atoms with van der Waals surface area (Å²) >= 11 is 0. The quantitative estimate of drug-likeness (QED) is 0.0902. The summed E-state index contributed by atoms with van der Waals surface area (Å²) in [7, 11) is 8.66. The number of hydrogen-bond donors (Lipinski definition) is 6. The molecule has 24 nitrogen and oxygen atoms in total. The van der Waals surface area contributed by atoms with Gasteiger partial charge in [-0.15, -0.1) is 0 Å². The standard InChI is InChI=1S/C60H111N11O13/c1-34(2)28-43-56(78)69(20)50(39(11)12)58(80)70(21)51(52(74)40(13)22-23-71-24-26-83-27-25-71)55(77)64-49(42(15)72)57(79)65(16)33-48(73)66(17)44(29-35(3)4)54(76)63-47(32-38(9)10)68(19)46(31-37(7)8)61-41(14)59(81)84-60(82)67(18)45(30-36(5)6)53(75)62-43/h34-47,49-52,61,72,74H,22-33H2,1-21H3,(H,62,75)(H,63,76)(H,64,77)/t40-,41-,42-,43-,44+,45-,46-,47+,49?,50?,51?,52-/m1/s1. The number of amides is 8. The van der Waals surface area contributed by atoms with Gasteiger partial charge in [-0.3, -0.25) is 53.6 Å². The number of rotatable bonds is 17. The minimum Gasteiger partial charge on any atom is -0.391 e. The van der Waals surface area contributed by atoms with Gasteiger partial charge in [-0.25, -0.2) is 9.59 Å². The topological polar surface area (TPSA) is 283 Å². The lowest BCUT2D eigenvalue weighted by atomic mass is 9.91. The second-order valence-corrected chi connectivity index (χ2v) is 26.3. The molecule has 2 heterocycles. The van der Waals surface area contributed by atoms with Crippen molar-refractivity contribution in [2.75, 3.05) is 81.7 Å². The van der Waals surface area contributed by atoms with Crippen LogP contribution in [0.4, 0.5) is 4.79 Å². The van der Waals surface area contributed by atoms with Gasteiger partial charge < -0.3 is 55.2 Å². The van der Waals surface area contributed by atoms with Crippen molar-refractivity contribution in [2.45, 2.75) is 209 Å². The van der Waals surface area contributed by atoms with Crippen LogP contribution in [0.15, 0.2) is 0 Å². The highest BCUT2D eigenvalue weighted by Crippen LogP contribution is 2.24. The molecular formula is C60H111N11O13. The number of esters is 1. The van der Waals surface area contributed by atoms with Gasteiger partial charge in [-0.05, 0) is 107 Å². The Morgan fingerprint density at radius 3 is 1.54 bits per heavy atom. The molecule has 24 heteroatoms. The average molecular weight is 1190 g/mol. The lowest BCUT2D eigenvalue weighted by Crippen LogP contribution is -2.64. The Hall–Kier alpha value is -5.01. The molecule has 2 aliphatic rings. The average Bonchev–Trinajstić information content (AvgIpc) is 2.75. The van der Waals surface area contributed by atoms with E-state index in [0.717, 1.165) is 14.7 Å². The Kier molecular flexibility index (Phi) is 31.3. The summed E-state index contributed by atoms with van der Waals surface area (Å²) in [6, 6.07) is -9.27. The molecule has 84 heavy (non-hydrogen) atoms. The van der Waals surface area contributed by atoms with Crippen molar-refractivity contribution < 1.29 is 62.8 Å². The van der Waals surface area contributed by atoms with Gasteiger partial charge in [0.05, 0.1) is 44.3 Å². The first-order valence-corrected chi connectivity index (χ1v) is 30.5. The van der Waals surface area contributed by atoms with E-state index >= 15 is 4.79 Å². The summed E-state index contributed by atoms with van der Waals surface area (Å²) in [6.07, 6.45) is -3.69. The number of aliphatic hydroxyl groups is 2. The van der Waals surface area contributed by atoms with E-state index in [1.54, 1.807) is 34.7 Å². The van der Waals surface area contributed by atoms with E-state index in [1.165, 1.54) is 52.0 Å². The molecule has 0 aromatic heterocycles. The zero-order valence-electron chi connectivity index (χ0n) is 54.9. The maximum Gasteiger partial charge on any atom is 0.417 e. The van der Waals surface area contributed by atoms with E-state index in [2.05, 4.69) is 26.2 Å². The second kappa shape index (κ2) is 35.0. The van der Waals surface area contributed by atoms with E-state index < -0.39 is 139 Å². The van der Waals surface area contributed by atoms with Gasteiger partial charge in [0.15, 0.2) is 0 Å². The first-order chi connectivity index (χ1) is 38.9. The molecule has 0 radical (unpaired) electrons. The van der Waals surface area contributed by atoms with Crippen LogP contribution in [-0.2, 0) is 47.8 Å². The zero-order valence-corrected chi connectivity index (χ0v) is 54.9. The Morgan fingerprint density at radius 2 is 1.04 bits per heavy atom. The number of nitrogens with one attached hydrogen (secondary N) is 4. The summed E-state index contributed by atoms with van der Waals surface area (Å²) in [5.74, 6) is -7.57. The molecule has 2 aliphatic heterocycles. The minimum absolute atomic E-state index is 0.0524. The van der Waals surface area contributed by atoms with Crippen LogP contribution in [0.5, 0.6) is 0 Å². The molecule has 0 bridgehead atoms. The first-order valence-electron chi connectivity index (χ1n) is 30.5. The molecule has 6 N–H and O–H groups in total. The fraction of sp³-hybridized carbons (Fsp3) is 0.850. The van der Waals surface area contributed by atoms with Crippen LogP contribution < -0.4 is 21.3 Å². The fourth-order valence-electron chi connectivity index (χ4n) is 10.8. The molecule has 3 unspecified atom stereocenters. The number of aliphatic hydroxyl groups excluding tert-OH is 2. The molecule has 0 aromatic carbocycles. The van der Waals surface area contributed by atoms with E-state index in [9.17, 15) is 48.6 Å². The molecule has 0 aromatic rings. The first kappa shape index (κ1) is 75.1. The molecule has 0 aliphatic carbocycles. The Balaban J connectivity index is 2.96. The third-order valence-corrected chi connectivity index (χ3v) is 16.0. The maximum atomic E-state index is 15.2. The molecule has 0 spiro atoms. The molecular weight excluding hydrogens is 1080 g/mol. The molecule has 0 saturated carbocycles. The van der Waals surface area contributed by atoms with Gasteiger partial charge in [-0.2, -0.15) is 0 Å². The maximum absolute atomic E-state index is 15.2. The van der Waals surface area contributed by atoms with Crippen LogP contribution in [-0.4, -0.2) is 246 Å². The predicted molar refractivity (Wildman–Crippen MR) is 321 cm³/mol. The third-order valence-electron chi connectivity index (χ3n) is 16.0. The summed E-state index contributed by atoms with van der Waals surface area (Å²) < 4.78 is 11.0. The van der Waals surface area contributed by atoms with Crippen LogP contribution in [0.2, 0.25) is 0 Å². The van der Waals surface area contributed by atoms with Crippen LogP contribution >= 0.6 is 0 Å². The van der Waals surface area contributed by atoms with Crippen molar-refractivity contribution in [1.29, 1.82) is 0 Å². The van der Waals surface area contributed by atoms with Crippen molar-refractivity contribution in [3.8, 4) is 0 Å². The van der Waals surface area contributed by atoms with Gasteiger partial charge in [0.1, 0.15) is 42.3 Å². The molecule has 12 atom stereocenters. The predicted octanol–water partition coefficient (Wildman–Crippen LogP) is 2.54. The monoisotopic (exact) mass is 1190 g/mol. The van der Waals surface area contributed by atoms with Crippen molar-refractivity contribution in [2.24, 2.45) is 41.4 Å². The van der Waals surface area contributed by atoms with Crippen LogP contribution in [0.1, 0.15) is 142 Å². The number of morpholine rings is 1. The number of cyclic esters (lactones) is 2. The van der Waals surface area contributed by atoms with Crippen molar-refractivity contribution in [3.63, 3.8) is 0 Å². The molecule has 484 valence electrons. The van der Waals surface area contributed by atoms with Gasteiger partial charge in [0.25, 0.3) is 0 Å². The molecule has 2 saturated heterocycles. The summed E-state index contributed by atoms with van der Waals surface area (Å²) in [5, 5.41) is 35.5. The number of carbonyl (C=O) groups excluding carboxylic acids is 9. The van der Waals surface area contributed by atoms with E-state index in [1.807, 2.05) is 74.1 Å². The highest BCUT2D eigenvalue weighted by Gasteiger charge is 2.45. The lowest BCUT2D eigenvalue weighted by Gasteiger charge is -2.40. The number of hydrogen-bond acceptors (Lipinski definition) is 16. The lowest BCUT2D eigenvalue weighted by molar-refractivity contribution is -0.155. The van der Waals surface area contributed by atoms with Crippen LogP contribution in [0.25, 0.3) is 0 Å². The Morgan fingerprint density at radius 1 is 0.548 bits per heavy atom. The highest BCUT2D eigenvalue weighted by atomic mass is 16.6. The van der Waals surface area contributed by atoms with Gasteiger partial charge >= 0.3 is 12.1 Å². The van der Waals surface area contributed by atoms with E-state index in [0.29, 0.717) is 52.1 Å². The molecule has 8 amide bonds. The highest BCUT2D eigenvalue weighted by molar-refractivity contribution is 5.98. The van der Waals surface area contributed by atoms with Crippen molar-refractivity contribution in [1.82, 2.24) is 55.6 Å². The van der Waals surface area contributed by atoms with Crippen LogP contribution in [0, 0.1) is 41.4 Å². The van der Waals surface area contributed by atoms with Gasteiger partial charge in [0, 0.05) is 48.3 Å². The number of carbonyl (C=O) groups is 9. The van der Waals surface area contributed by atoms with E-state index in [4.69, 9.17) is 9.47 Å². The number of likely N-dealkylation sites (N-methyl/N-ethyl adjacent to an activating group) is 5. The summed E-state index contributed by atoms with van der Waals surface area (Å²) in [6.45, 7) is 29.5. The number of nitrogens with zero attached hydrogens (tertiary/aromatic N) is 7. The summed E-state index contributed by atoms with van der Waals surface area (Å²) in [5.41, 5.74) is 0. The molecule has 2 rings (SSSR count). The van der Waals surface area contributed by atoms with Crippen molar-refractivity contribution >= 4 is 53.4 Å². The molecule has 2 fully saturated rings. The van der Waals surface area contributed by atoms with Gasteiger partial charge in [0.2, 0.25) is 41.4 Å². The minimum atomic E-state index is -1.70. The number of ether oxygens (including phenoxy) is 2. The van der Waals surface area contributed by atoms with E-state index in [-0.39, 0.29) is 48.9 Å². The Labute approximate surface area is 502 Å². The van der Waals surface area contributed by atoms with Gasteiger partial charge in [-0.1, -0.05) is 90.0 Å². The van der Waals surface area contributed by atoms with Crippen LogP contribution in [0.3, 0.4) is 0 Å². The largest absolute Gasteiger partial charge is 0.417 e. The second-order valence-electron chi connectivity index (χ2n) is 26.3. The summed E-state index contributed by atoms with van der Waals surface area (Å²) in [4.78, 5) is 141. The third kappa shape index (κ3) is 22.7. The fourth-order valence-corrected chi connectivity index (χ4v) is 10.8. The zero-order chi connectivity index (χ0) is 64.4. The Bertz CT molecular complexity index is 2160. The normalized spacial score (nSPS) is 27.5.